The molecule has 1 spiro atoms. The molecule has 5 nitrogen and oxygen atoms in total. The first kappa shape index (κ1) is 13.0. The number of piperidine rings is 1. The fourth-order valence-electron chi connectivity index (χ4n) is 4.09. The molecule has 21 heavy (non-hydrogen) atoms. The van der Waals surface area contributed by atoms with Crippen molar-refractivity contribution in [2.45, 2.75) is 51.9 Å². The molecule has 0 amide bonds. The highest BCUT2D eigenvalue weighted by Crippen LogP contribution is 2.46. The molecule has 0 N–H and O–H groups in total. The molecule has 4 rings (SSSR count). The van der Waals surface area contributed by atoms with E-state index in [1.165, 1.54) is 44.3 Å². The Morgan fingerprint density at radius 2 is 1.90 bits per heavy atom. The van der Waals surface area contributed by atoms with Crippen molar-refractivity contribution in [2.24, 2.45) is 5.41 Å². The van der Waals surface area contributed by atoms with Gasteiger partial charge in [-0.05, 0) is 37.5 Å². The molecule has 1 aliphatic carbocycles. The summed E-state index contributed by atoms with van der Waals surface area (Å²) in [4.78, 5) is 11.3. The van der Waals surface area contributed by atoms with E-state index in [4.69, 9.17) is 0 Å². The zero-order chi connectivity index (χ0) is 14.3. The van der Waals surface area contributed by atoms with E-state index in [9.17, 15) is 0 Å². The van der Waals surface area contributed by atoms with Crippen LogP contribution in [0.3, 0.4) is 0 Å². The van der Waals surface area contributed by atoms with Crippen LogP contribution < -0.4 is 4.90 Å². The Balaban J connectivity index is 1.63. The van der Waals surface area contributed by atoms with Crippen LogP contribution in [0.4, 0.5) is 5.82 Å². The van der Waals surface area contributed by atoms with E-state index in [1.807, 2.05) is 4.52 Å². The first-order valence-corrected chi connectivity index (χ1v) is 8.24. The Morgan fingerprint density at radius 1 is 1.14 bits per heavy atom. The van der Waals surface area contributed by atoms with Gasteiger partial charge in [0.1, 0.15) is 12.1 Å². The normalized spacial score (nSPS) is 21.5. The number of hydrogen-bond acceptors (Lipinski definition) is 4. The van der Waals surface area contributed by atoms with Crippen molar-refractivity contribution in [3.8, 4) is 0 Å². The van der Waals surface area contributed by atoms with Crippen molar-refractivity contribution >= 4 is 11.6 Å². The molecule has 1 saturated carbocycles. The van der Waals surface area contributed by atoms with Crippen molar-refractivity contribution in [2.75, 3.05) is 18.0 Å². The van der Waals surface area contributed by atoms with Crippen LogP contribution in [0, 0.1) is 5.41 Å². The lowest BCUT2D eigenvalue weighted by Gasteiger charge is -2.40. The molecule has 2 fully saturated rings. The van der Waals surface area contributed by atoms with Crippen LogP contribution in [0.5, 0.6) is 0 Å². The van der Waals surface area contributed by atoms with Gasteiger partial charge in [-0.1, -0.05) is 19.8 Å². The second-order valence-corrected chi connectivity index (χ2v) is 6.63. The molecular formula is C16H23N5. The van der Waals surface area contributed by atoms with Crippen LogP contribution in [0.15, 0.2) is 12.4 Å². The highest BCUT2D eigenvalue weighted by Gasteiger charge is 2.37. The largest absolute Gasteiger partial charge is 0.356 e. The zero-order valence-corrected chi connectivity index (χ0v) is 12.8. The minimum absolute atomic E-state index is 0.651. The van der Waals surface area contributed by atoms with Crippen molar-refractivity contribution in [3.05, 3.63) is 18.1 Å². The highest BCUT2D eigenvalue weighted by molar-refractivity contribution is 5.47. The fourth-order valence-corrected chi connectivity index (χ4v) is 4.09. The van der Waals surface area contributed by atoms with E-state index in [0.29, 0.717) is 5.41 Å². The van der Waals surface area contributed by atoms with Gasteiger partial charge in [-0.2, -0.15) is 14.6 Å². The molecule has 1 saturated heterocycles. The van der Waals surface area contributed by atoms with E-state index in [1.54, 1.807) is 6.33 Å². The smallest absolute Gasteiger partial charge is 0.254 e. The molecule has 0 atom stereocenters. The third-order valence-corrected chi connectivity index (χ3v) is 5.46. The van der Waals surface area contributed by atoms with Crippen molar-refractivity contribution < 1.29 is 0 Å². The van der Waals surface area contributed by atoms with E-state index in [2.05, 4.69) is 33.0 Å². The van der Waals surface area contributed by atoms with Crippen LogP contribution in [-0.2, 0) is 6.42 Å². The Morgan fingerprint density at radius 3 is 2.62 bits per heavy atom. The molecule has 0 unspecified atom stereocenters. The topological polar surface area (TPSA) is 46.3 Å². The number of anilines is 1. The molecule has 5 heteroatoms. The quantitative estimate of drug-likeness (QED) is 0.851. The summed E-state index contributed by atoms with van der Waals surface area (Å²) in [6.07, 6.45) is 10.9. The minimum Gasteiger partial charge on any atom is -0.356 e. The summed E-state index contributed by atoms with van der Waals surface area (Å²) in [5, 5.41) is 4.36. The molecular weight excluding hydrogens is 262 g/mol. The van der Waals surface area contributed by atoms with Gasteiger partial charge in [-0.15, -0.1) is 0 Å². The molecule has 0 aromatic carbocycles. The van der Waals surface area contributed by atoms with E-state index < -0.39 is 0 Å². The van der Waals surface area contributed by atoms with Crippen molar-refractivity contribution in [1.82, 2.24) is 19.6 Å². The predicted molar refractivity (Wildman–Crippen MR) is 82.5 cm³/mol. The van der Waals surface area contributed by atoms with E-state index in [-0.39, 0.29) is 0 Å². The average Bonchev–Trinajstić information content (AvgIpc) is 3.16. The van der Waals surface area contributed by atoms with Gasteiger partial charge in [0.15, 0.2) is 0 Å². The Kier molecular flexibility index (Phi) is 3.08. The number of fused-ring (bicyclic) bond motifs is 1. The lowest BCUT2D eigenvalue weighted by Crippen LogP contribution is -2.39. The Hall–Kier alpha value is -1.65. The van der Waals surface area contributed by atoms with Gasteiger partial charge >= 0.3 is 0 Å². The van der Waals surface area contributed by atoms with Gasteiger partial charge in [-0.25, -0.2) is 4.98 Å². The minimum atomic E-state index is 0.651. The van der Waals surface area contributed by atoms with Crippen molar-refractivity contribution in [1.29, 1.82) is 0 Å². The van der Waals surface area contributed by atoms with Gasteiger partial charge in [0.05, 0.1) is 0 Å². The monoisotopic (exact) mass is 285 g/mol. The molecule has 1 aliphatic heterocycles. The third kappa shape index (κ3) is 2.19. The average molecular weight is 285 g/mol. The summed E-state index contributed by atoms with van der Waals surface area (Å²) in [5.41, 5.74) is 1.75. The van der Waals surface area contributed by atoms with Gasteiger partial charge in [0, 0.05) is 24.8 Å². The first-order chi connectivity index (χ1) is 10.3. The predicted octanol–water partition coefficient (Wildman–Crippen LogP) is 2.85. The number of aromatic nitrogens is 4. The van der Waals surface area contributed by atoms with E-state index in [0.717, 1.165) is 31.0 Å². The van der Waals surface area contributed by atoms with Crippen molar-refractivity contribution in [3.63, 3.8) is 0 Å². The number of aryl methyl sites for hydroxylation is 1. The molecule has 2 aromatic heterocycles. The summed E-state index contributed by atoms with van der Waals surface area (Å²) in [5.74, 6) is 1.90. The van der Waals surface area contributed by atoms with Crippen LogP contribution in [0.2, 0.25) is 0 Å². The van der Waals surface area contributed by atoms with Crippen LogP contribution in [0.1, 0.15) is 51.1 Å². The number of nitrogens with zero attached hydrogens (tertiary/aromatic N) is 5. The maximum atomic E-state index is 4.54. The molecule has 112 valence electrons. The summed E-state index contributed by atoms with van der Waals surface area (Å²) in [6, 6.07) is 2.19. The van der Waals surface area contributed by atoms with Crippen LogP contribution in [-0.4, -0.2) is 32.7 Å². The highest BCUT2D eigenvalue weighted by atomic mass is 15.4. The SMILES string of the molecule is CCc1cc(N2CCC3(CCCC3)CC2)n2ncnc2n1. The Bertz CT molecular complexity index is 631. The summed E-state index contributed by atoms with van der Waals surface area (Å²) in [7, 11) is 0. The lowest BCUT2D eigenvalue weighted by atomic mass is 9.77. The standard InChI is InChI=1S/C16H23N5/c1-2-13-11-14(21-15(19-13)17-12-18-21)20-9-7-16(8-10-20)5-3-4-6-16/h11-12H,2-10H2,1H3. The molecule has 2 aromatic rings. The molecule has 2 aliphatic rings. The summed E-state index contributed by atoms with van der Waals surface area (Å²) >= 11 is 0. The number of hydrogen-bond donors (Lipinski definition) is 0. The zero-order valence-electron chi connectivity index (χ0n) is 12.8. The third-order valence-electron chi connectivity index (χ3n) is 5.46. The van der Waals surface area contributed by atoms with E-state index >= 15 is 0 Å². The van der Waals surface area contributed by atoms with Gasteiger partial charge in [-0.3, -0.25) is 0 Å². The second kappa shape index (κ2) is 4.97. The summed E-state index contributed by atoms with van der Waals surface area (Å²) in [6.45, 7) is 4.42. The van der Waals surface area contributed by atoms with Crippen LogP contribution >= 0.6 is 0 Å². The maximum absolute atomic E-state index is 4.54. The Labute approximate surface area is 125 Å². The lowest BCUT2D eigenvalue weighted by molar-refractivity contribution is 0.226. The summed E-state index contributed by atoms with van der Waals surface area (Å²) < 4.78 is 1.89. The second-order valence-electron chi connectivity index (χ2n) is 6.63. The molecule has 3 heterocycles. The fraction of sp³-hybridized carbons (Fsp3) is 0.688. The van der Waals surface area contributed by atoms with Gasteiger partial charge < -0.3 is 4.90 Å². The van der Waals surface area contributed by atoms with Gasteiger partial charge in [0.2, 0.25) is 0 Å². The molecule has 0 radical (unpaired) electrons. The first-order valence-electron chi connectivity index (χ1n) is 8.24. The molecule has 0 bridgehead atoms. The maximum Gasteiger partial charge on any atom is 0.254 e. The van der Waals surface area contributed by atoms with Crippen LogP contribution in [0.25, 0.3) is 5.78 Å². The van der Waals surface area contributed by atoms with Gasteiger partial charge in [0.25, 0.3) is 5.78 Å². The number of rotatable bonds is 2.